The topological polar surface area (TPSA) is 72.3 Å². The van der Waals surface area contributed by atoms with Crippen LogP contribution in [0.3, 0.4) is 0 Å². The van der Waals surface area contributed by atoms with E-state index in [2.05, 4.69) is 27.0 Å². The van der Waals surface area contributed by atoms with E-state index >= 15 is 0 Å². The molecule has 0 bridgehead atoms. The van der Waals surface area contributed by atoms with Gasteiger partial charge in [-0.15, -0.1) is 10.2 Å². The van der Waals surface area contributed by atoms with Crippen LogP contribution in [0.5, 0.6) is 0 Å². The number of anilines is 1. The molecule has 2 atom stereocenters. The van der Waals surface area contributed by atoms with Crippen LogP contribution in [-0.2, 0) is 0 Å². The van der Waals surface area contributed by atoms with E-state index in [0.717, 1.165) is 37.4 Å². The van der Waals surface area contributed by atoms with Gasteiger partial charge in [-0.3, -0.25) is 4.40 Å². The van der Waals surface area contributed by atoms with Gasteiger partial charge < -0.3 is 10.6 Å². The zero-order valence-corrected chi connectivity index (χ0v) is 10.5. The van der Waals surface area contributed by atoms with Gasteiger partial charge in [0.25, 0.3) is 0 Å². The Hall–Kier alpha value is -1.69. The summed E-state index contributed by atoms with van der Waals surface area (Å²) in [5.41, 5.74) is 6.96. The van der Waals surface area contributed by atoms with Gasteiger partial charge >= 0.3 is 0 Å². The maximum absolute atomic E-state index is 6.14. The minimum atomic E-state index is 0.309. The Morgan fingerprint density at radius 1 is 1.50 bits per heavy atom. The number of nitrogens with two attached hydrogens (primary N) is 1. The lowest BCUT2D eigenvalue weighted by Gasteiger charge is -2.37. The summed E-state index contributed by atoms with van der Waals surface area (Å²) in [6.07, 6.45) is 7.48. The lowest BCUT2D eigenvalue weighted by atomic mass is 9.91. The summed E-state index contributed by atoms with van der Waals surface area (Å²) in [6.45, 7) is 4.09. The van der Waals surface area contributed by atoms with Crippen LogP contribution in [0.15, 0.2) is 18.7 Å². The monoisotopic (exact) mass is 246 g/mol. The second kappa shape index (κ2) is 4.53. The normalized spacial score (nSPS) is 24.7. The molecule has 6 nitrogen and oxygen atoms in total. The van der Waals surface area contributed by atoms with Crippen molar-refractivity contribution in [2.24, 2.45) is 11.7 Å². The van der Waals surface area contributed by atoms with Crippen LogP contribution in [0.2, 0.25) is 0 Å². The van der Waals surface area contributed by atoms with Gasteiger partial charge in [0, 0.05) is 31.5 Å². The van der Waals surface area contributed by atoms with Crippen LogP contribution in [0.1, 0.15) is 19.8 Å². The average Bonchev–Trinajstić information content (AvgIpc) is 2.87. The van der Waals surface area contributed by atoms with Crippen molar-refractivity contribution in [3.05, 3.63) is 18.7 Å². The molecule has 1 saturated heterocycles. The van der Waals surface area contributed by atoms with Gasteiger partial charge in [-0.25, -0.2) is 4.98 Å². The summed E-state index contributed by atoms with van der Waals surface area (Å²) in [4.78, 5) is 6.74. The summed E-state index contributed by atoms with van der Waals surface area (Å²) in [5.74, 6) is 1.45. The summed E-state index contributed by atoms with van der Waals surface area (Å²) in [7, 11) is 0. The van der Waals surface area contributed by atoms with E-state index in [-0.39, 0.29) is 0 Å². The molecule has 1 aliphatic heterocycles. The lowest BCUT2D eigenvalue weighted by Crippen LogP contribution is -2.47. The quantitative estimate of drug-likeness (QED) is 0.844. The summed E-state index contributed by atoms with van der Waals surface area (Å²) < 4.78 is 1.90. The number of hydrogen-bond acceptors (Lipinski definition) is 5. The van der Waals surface area contributed by atoms with Crippen LogP contribution in [0, 0.1) is 5.92 Å². The fourth-order valence-corrected chi connectivity index (χ4v) is 2.64. The van der Waals surface area contributed by atoms with Crippen LogP contribution in [-0.4, -0.2) is 38.7 Å². The van der Waals surface area contributed by atoms with Gasteiger partial charge in [-0.05, 0) is 12.3 Å². The molecule has 0 amide bonds. The highest BCUT2D eigenvalue weighted by atomic mass is 15.3. The Kier molecular flexibility index (Phi) is 2.87. The number of nitrogens with zero attached hydrogens (tertiary/aromatic N) is 5. The Labute approximate surface area is 106 Å². The molecule has 0 aromatic carbocycles. The van der Waals surface area contributed by atoms with Crippen LogP contribution in [0.4, 0.5) is 5.82 Å². The Morgan fingerprint density at radius 3 is 3.22 bits per heavy atom. The molecule has 0 spiro atoms. The minimum absolute atomic E-state index is 0.309. The van der Waals surface area contributed by atoms with Crippen molar-refractivity contribution in [3.63, 3.8) is 0 Å². The number of aromatic nitrogens is 4. The molecule has 1 aliphatic rings. The molecule has 2 aromatic rings. The fourth-order valence-electron chi connectivity index (χ4n) is 2.64. The fraction of sp³-hybridized carbons (Fsp3) is 0.583. The number of hydrogen-bond donors (Lipinski definition) is 1. The predicted molar refractivity (Wildman–Crippen MR) is 69.4 cm³/mol. The summed E-state index contributed by atoms with van der Waals surface area (Å²) >= 11 is 0. The first-order valence-corrected chi connectivity index (χ1v) is 6.44. The molecule has 96 valence electrons. The van der Waals surface area contributed by atoms with E-state index in [9.17, 15) is 0 Å². The molecule has 0 saturated carbocycles. The highest BCUT2D eigenvalue weighted by Gasteiger charge is 2.27. The van der Waals surface area contributed by atoms with Gasteiger partial charge in [0.15, 0.2) is 5.82 Å². The first kappa shape index (κ1) is 11.4. The largest absolute Gasteiger partial charge is 0.353 e. The molecule has 2 unspecified atom stereocenters. The molecule has 18 heavy (non-hydrogen) atoms. The third-order valence-electron chi connectivity index (χ3n) is 3.81. The Morgan fingerprint density at radius 2 is 2.39 bits per heavy atom. The van der Waals surface area contributed by atoms with Crippen LogP contribution >= 0.6 is 0 Å². The van der Waals surface area contributed by atoms with Crippen LogP contribution < -0.4 is 10.6 Å². The number of fused-ring (bicyclic) bond motifs is 1. The van der Waals surface area contributed by atoms with Crippen LogP contribution in [0.25, 0.3) is 5.65 Å². The third kappa shape index (κ3) is 1.82. The highest BCUT2D eigenvalue weighted by Crippen LogP contribution is 2.24. The van der Waals surface area contributed by atoms with E-state index in [1.165, 1.54) is 0 Å². The smallest absolute Gasteiger partial charge is 0.203 e. The van der Waals surface area contributed by atoms with E-state index in [0.29, 0.717) is 12.0 Å². The molecule has 1 fully saturated rings. The van der Waals surface area contributed by atoms with Gasteiger partial charge in [0.2, 0.25) is 5.65 Å². The molecule has 3 rings (SSSR count). The Balaban J connectivity index is 1.93. The highest BCUT2D eigenvalue weighted by molar-refractivity contribution is 5.63. The molecular formula is C12H18N6. The zero-order chi connectivity index (χ0) is 12.5. The first-order chi connectivity index (χ1) is 8.79. The predicted octanol–water partition coefficient (Wildman–Crippen LogP) is 0.688. The molecule has 3 heterocycles. The molecular weight excluding hydrogens is 228 g/mol. The van der Waals surface area contributed by atoms with Crippen molar-refractivity contribution < 1.29 is 0 Å². The Bertz CT molecular complexity index is 536. The van der Waals surface area contributed by atoms with Gasteiger partial charge in [-0.2, -0.15) is 0 Å². The molecule has 2 aromatic heterocycles. The lowest BCUT2D eigenvalue weighted by molar-refractivity contribution is 0.347. The SMILES string of the molecule is CCC1CN(c2nccn3cnnc23)CCC1N. The minimum Gasteiger partial charge on any atom is -0.353 e. The molecule has 2 N–H and O–H groups in total. The number of rotatable bonds is 2. The van der Waals surface area contributed by atoms with Crippen molar-refractivity contribution in [2.75, 3.05) is 18.0 Å². The summed E-state index contributed by atoms with van der Waals surface area (Å²) in [5, 5.41) is 8.07. The molecule has 0 aliphatic carbocycles. The van der Waals surface area contributed by atoms with Crippen molar-refractivity contribution in [3.8, 4) is 0 Å². The number of piperidine rings is 1. The van der Waals surface area contributed by atoms with Crippen molar-refractivity contribution in [1.82, 2.24) is 19.6 Å². The van der Waals surface area contributed by atoms with E-state index in [1.54, 1.807) is 12.5 Å². The van der Waals surface area contributed by atoms with Crippen molar-refractivity contribution >= 4 is 11.5 Å². The second-order valence-electron chi connectivity index (χ2n) is 4.88. The van der Waals surface area contributed by atoms with Gasteiger partial charge in [0.05, 0.1) is 0 Å². The maximum Gasteiger partial charge on any atom is 0.203 e. The molecule has 0 radical (unpaired) electrons. The van der Waals surface area contributed by atoms with E-state index in [1.807, 2.05) is 10.6 Å². The third-order valence-corrected chi connectivity index (χ3v) is 3.81. The zero-order valence-electron chi connectivity index (χ0n) is 10.5. The second-order valence-corrected chi connectivity index (χ2v) is 4.88. The summed E-state index contributed by atoms with van der Waals surface area (Å²) in [6, 6.07) is 0.309. The van der Waals surface area contributed by atoms with Gasteiger partial charge in [0.1, 0.15) is 6.33 Å². The molecule has 6 heteroatoms. The first-order valence-electron chi connectivity index (χ1n) is 6.44. The van der Waals surface area contributed by atoms with Gasteiger partial charge in [-0.1, -0.05) is 13.3 Å². The van der Waals surface area contributed by atoms with Crippen molar-refractivity contribution in [2.45, 2.75) is 25.8 Å². The average molecular weight is 246 g/mol. The van der Waals surface area contributed by atoms with E-state index < -0.39 is 0 Å². The van der Waals surface area contributed by atoms with E-state index in [4.69, 9.17) is 5.73 Å². The maximum atomic E-state index is 6.14. The standard InChI is InChI=1S/C12H18N6/c1-2-9-7-17(5-3-10(9)13)11-12-16-15-8-18(12)6-4-14-11/h4,6,8-10H,2-3,5,7,13H2,1H3. The van der Waals surface area contributed by atoms with Crippen molar-refractivity contribution in [1.29, 1.82) is 0 Å².